The van der Waals surface area contributed by atoms with E-state index in [-0.39, 0.29) is 11.6 Å². The van der Waals surface area contributed by atoms with Gasteiger partial charge in [-0.25, -0.2) is 4.39 Å². The Hall–Kier alpha value is -1.63. The molecule has 0 aliphatic carbocycles. The number of nitrogens with one attached hydrogen (secondary N) is 1. The van der Waals surface area contributed by atoms with Gasteiger partial charge in [0.2, 0.25) is 0 Å². The highest BCUT2D eigenvalue weighted by Gasteiger charge is 2.08. The van der Waals surface area contributed by atoms with Gasteiger partial charge in [-0.1, -0.05) is 6.07 Å². The summed E-state index contributed by atoms with van der Waals surface area (Å²) >= 11 is 2.16. The van der Waals surface area contributed by atoms with Crippen LogP contribution in [0.4, 0.5) is 15.8 Å². The number of carbonyl (C=O) groups excluding carboxylic acids is 1. The molecule has 2 aromatic carbocycles. The van der Waals surface area contributed by atoms with E-state index >= 15 is 0 Å². The fourth-order valence-corrected chi connectivity index (χ4v) is 2.00. The molecule has 0 fully saturated rings. The number of rotatable bonds is 2. The Kier molecular flexibility index (Phi) is 3.81. The van der Waals surface area contributed by atoms with Crippen LogP contribution in [-0.2, 0) is 0 Å². The Balaban J connectivity index is 2.19. The number of halogens is 2. The lowest BCUT2D eigenvalue weighted by Crippen LogP contribution is -2.12. The van der Waals surface area contributed by atoms with E-state index in [2.05, 4.69) is 27.9 Å². The van der Waals surface area contributed by atoms with Crippen molar-refractivity contribution in [1.82, 2.24) is 0 Å². The third kappa shape index (κ3) is 2.98. The van der Waals surface area contributed by atoms with Crippen molar-refractivity contribution < 1.29 is 9.18 Å². The van der Waals surface area contributed by atoms with Crippen LogP contribution in [0.25, 0.3) is 0 Å². The van der Waals surface area contributed by atoms with Gasteiger partial charge in [0.15, 0.2) is 0 Å². The van der Waals surface area contributed by atoms with E-state index in [0.717, 1.165) is 3.57 Å². The van der Waals surface area contributed by atoms with Crippen LogP contribution >= 0.6 is 22.6 Å². The van der Waals surface area contributed by atoms with Crippen molar-refractivity contribution in [3.63, 3.8) is 0 Å². The summed E-state index contributed by atoms with van der Waals surface area (Å²) in [5.74, 6) is -0.843. The van der Waals surface area contributed by atoms with E-state index in [1.54, 1.807) is 6.07 Å². The van der Waals surface area contributed by atoms with Crippen LogP contribution in [0.2, 0.25) is 0 Å². The Labute approximate surface area is 117 Å². The highest BCUT2D eigenvalue weighted by Crippen LogP contribution is 2.16. The molecule has 0 saturated carbocycles. The lowest BCUT2D eigenvalue weighted by atomic mass is 10.2. The molecule has 3 nitrogen and oxygen atoms in total. The number of nitrogen functional groups attached to an aromatic ring is 1. The monoisotopic (exact) mass is 356 g/mol. The molecule has 3 N–H and O–H groups in total. The van der Waals surface area contributed by atoms with Crippen molar-refractivity contribution >= 4 is 39.9 Å². The number of benzene rings is 2. The fraction of sp³-hybridized carbons (Fsp3) is 0. The quantitative estimate of drug-likeness (QED) is 0.641. The van der Waals surface area contributed by atoms with Crippen LogP contribution < -0.4 is 11.1 Å². The van der Waals surface area contributed by atoms with Gasteiger partial charge in [0.1, 0.15) is 5.82 Å². The topological polar surface area (TPSA) is 55.1 Å². The molecular weight excluding hydrogens is 346 g/mol. The van der Waals surface area contributed by atoms with E-state index in [4.69, 9.17) is 5.73 Å². The lowest BCUT2D eigenvalue weighted by Gasteiger charge is -2.06. The van der Waals surface area contributed by atoms with Crippen molar-refractivity contribution in [3.05, 3.63) is 57.4 Å². The first-order valence-corrected chi connectivity index (χ1v) is 6.26. The lowest BCUT2D eigenvalue weighted by molar-refractivity contribution is 0.102. The van der Waals surface area contributed by atoms with Gasteiger partial charge < -0.3 is 11.1 Å². The minimum absolute atomic E-state index is 0.0368. The molecule has 0 heterocycles. The van der Waals surface area contributed by atoms with Crippen LogP contribution in [-0.4, -0.2) is 5.91 Å². The zero-order valence-corrected chi connectivity index (χ0v) is 11.4. The Morgan fingerprint density at radius 3 is 2.67 bits per heavy atom. The highest BCUT2D eigenvalue weighted by atomic mass is 127. The maximum Gasteiger partial charge on any atom is 0.255 e. The summed E-state index contributed by atoms with van der Waals surface area (Å²) in [4.78, 5) is 11.9. The highest BCUT2D eigenvalue weighted by molar-refractivity contribution is 14.1. The third-order valence-electron chi connectivity index (χ3n) is 2.34. The number of amides is 1. The molecule has 0 bridgehead atoms. The predicted molar refractivity (Wildman–Crippen MR) is 77.9 cm³/mol. The minimum atomic E-state index is -0.527. The first-order chi connectivity index (χ1) is 8.56. The molecule has 2 aromatic rings. The summed E-state index contributed by atoms with van der Waals surface area (Å²) in [5, 5.41) is 2.72. The second-order valence-electron chi connectivity index (χ2n) is 3.70. The summed E-state index contributed by atoms with van der Waals surface area (Å²) in [6, 6.07) is 11.3. The molecule has 1 amide bonds. The van der Waals surface area contributed by atoms with E-state index in [9.17, 15) is 9.18 Å². The first kappa shape index (κ1) is 12.8. The van der Waals surface area contributed by atoms with Gasteiger partial charge in [0.25, 0.3) is 5.91 Å². The van der Waals surface area contributed by atoms with Gasteiger partial charge in [-0.2, -0.15) is 0 Å². The van der Waals surface area contributed by atoms with Crippen LogP contribution in [0.3, 0.4) is 0 Å². The molecule has 0 aliphatic heterocycles. The molecule has 18 heavy (non-hydrogen) atoms. The average Bonchev–Trinajstić information content (AvgIpc) is 2.32. The normalized spacial score (nSPS) is 10.1. The smallest absolute Gasteiger partial charge is 0.255 e. The second kappa shape index (κ2) is 5.34. The van der Waals surface area contributed by atoms with E-state index in [1.807, 2.05) is 18.2 Å². The Morgan fingerprint density at radius 2 is 2.00 bits per heavy atom. The summed E-state index contributed by atoms with van der Waals surface area (Å²) < 4.78 is 14.0. The molecule has 0 spiro atoms. The average molecular weight is 356 g/mol. The van der Waals surface area contributed by atoms with Crippen LogP contribution in [0, 0.1) is 9.39 Å². The molecule has 5 heteroatoms. The predicted octanol–water partition coefficient (Wildman–Crippen LogP) is 3.26. The van der Waals surface area contributed by atoms with Crippen LogP contribution in [0.15, 0.2) is 42.5 Å². The molecule has 0 aliphatic rings. The van der Waals surface area contributed by atoms with Crippen LogP contribution in [0.1, 0.15) is 10.4 Å². The summed E-state index contributed by atoms with van der Waals surface area (Å²) in [6.07, 6.45) is 0. The van der Waals surface area contributed by atoms with E-state index < -0.39 is 5.82 Å². The number of hydrogen-bond acceptors (Lipinski definition) is 2. The maximum absolute atomic E-state index is 13.0. The summed E-state index contributed by atoms with van der Waals surface area (Å²) in [5.41, 5.74) is 6.40. The maximum atomic E-state index is 13.0. The first-order valence-electron chi connectivity index (χ1n) is 5.18. The molecular formula is C13H10FIN2O. The number of carbonyl (C=O) groups is 1. The van der Waals surface area contributed by atoms with Gasteiger partial charge >= 0.3 is 0 Å². The number of hydrogen-bond donors (Lipinski definition) is 2. The molecule has 0 radical (unpaired) electrons. The SMILES string of the molecule is Nc1cc(C(=O)Nc2cccc(I)c2)ccc1F. The minimum Gasteiger partial charge on any atom is -0.396 e. The summed E-state index contributed by atoms with van der Waals surface area (Å²) in [6.45, 7) is 0. The van der Waals surface area contributed by atoms with Gasteiger partial charge in [-0.15, -0.1) is 0 Å². The number of anilines is 2. The largest absolute Gasteiger partial charge is 0.396 e. The van der Waals surface area contributed by atoms with E-state index in [0.29, 0.717) is 11.3 Å². The molecule has 2 rings (SSSR count). The zero-order valence-electron chi connectivity index (χ0n) is 9.28. The van der Waals surface area contributed by atoms with Gasteiger partial charge in [0.05, 0.1) is 5.69 Å². The van der Waals surface area contributed by atoms with Crippen molar-refractivity contribution in [2.45, 2.75) is 0 Å². The van der Waals surface area contributed by atoms with Crippen molar-refractivity contribution in [3.8, 4) is 0 Å². The van der Waals surface area contributed by atoms with Gasteiger partial charge in [-0.3, -0.25) is 4.79 Å². The molecule has 0 unspecified atom stereocenters. The molecule has 92 valence electrons. The van der Waals surface area contributed by atoms with Gasteiger partial charge in [-0.05, 0) is 59.0 Å². The van der Waals surface area contributed by atoms with Crippen molar-refractivity contribution in [2.75, 3.05) is 11.1 Å². The van der Waals surface area contributed by atoms with E-state index in [1.165, 1.54) is 18.2 Å². The molecule has 0 saturated heterocycles. The van der Waals surface area contributed by atoms with Gasteiger partial charge in [0, 0.05) is 14.8 Å². The summed E-state index contributed by atoms with van der Waals surface area (Å²) in [7, 11) is 0. The Bertz CT molecular complexity index is 601. The fourth-order valence-electron chi connectivity index (χ4n) is 1.45. The zero-order chi connectivity index (χ0) is 13.1. The van der Waals surface area contributed by atoms with Crippen molar-refractivity contribution in [2.24, 2.45) is 0 Å². The standard InChI is InChI=1S/C13H10FIN2O/c14-11-5-4-8(6-12(11)16)13(18)17-10-3-1-2-9(15)7-10/h1-7H,16H2,(H,17,18). The number of nitrogens with two attached hydrogens (primary N) is 1. The van der Waals surface area contributed by atoms with Crippen molar-refractivity contribution in [1.29, 1.82) is 0 Å². The Morgan fingerprint density at radius 1 is 1.22 bits per heavy atom. The van der Waals surface area contributed by atoms with Crippen LogP contribution in [0.5, 0.6) is 0 Å². The molecule has 0 aromatic heterocycles. The second-order valence-corrected chi connectivity index (χ2v) is 4.95. The molecule has 0 atom stereocenters. The third-order valence-corrected chi connectivity index (χ3v) is 3.01.